The summed E-state index contributed by atoms with van der Waals surface area (Å²) in [6.45, 7) is 4.56. The standard InChI is InChI=1S/C15H18N2O3/c1-15(2,9-18)8-16-13-7-6-10-11(14(19)20)4-3-5-12(10)17-13/h3-7,18H,8-9H2,1-2H3,(H,16,17)(H,19,20). The number of aromatic carboxylic acids is 1. The minimum atomic E-state index is -0.959. The van der Waals surface area contributed by atoms with Gasteiger partial charge in [0.1, 0.15) is 5.82 Å². The molecule has 0 aliphatic heterocycles. The molecule has 1 aromatic carbocycles. The van der Waals surface area contributed by atoms with E-state index in [4.69, 9.17) is 5.11 Å². The fourth-order valence-corrected chi connectivity index (χ4v) is 1.83. The highest BCUT2D eigenvalue weighted by Crippen LogP contribution is 2.21. The van der Waals surface area contributed by atoms with E-state index in [1.54, 1.807) is 30.3 Å². The van der Waals surface area contributed by atoms with E-state index in [2.05, 4.69) is 10.3 Å². The zero-order chi connectivity index (χ0) is 14.8. The van der Waals surface area contributed by atoms with E-state index >= 15 is 0 Å². The summed E-state index contributed by atoms with van der Waals surface area (Å²) in [5.74, 6) is -0.291. The summed E-state index contributed by atoms with van der Waals surface area (Å²) >= 11 is 0. The molecule has 0 amide bonds. The maximum absolute atomic E-state index is 11.1. The maximum atomic E-state index is 11.1. The molecule has 0 fully saturated rings. The fourth-order valence-electron chi connectivity index (χ4n) is 1.83. The number of fused-ring (bicyclic) bond motifs is 1. The molecule has 5 heteroatoms. The number of aliphatic hydroxyl groups is 1. The first-order chi connectivity index (χ1) is 9.43. The number of aliphatic hydroxyl groups excluding tert-OH is 1. The number of benzene rings is 1. The van der Waals surface area contributed by atoms with Gasteiger partial charge >= 0.3 is 5.97 Å². The van der Waals surface area contributed by atoms with E-state index in [0.29, 0.717) is 23.3 Å². The Labute approximate surface area is 117 Å². The molecular formula is C15H18N2O3. The van der Waals surface area contributed by atoms with Crippen LogP contribution in [0.25, 0.3) is 10.9 Å². The van der Waals surface area contributed by atoms with Crippen LogP contribution in [0.15, 0.2) is 30.3 Å². The number of rotatable bonds is 5. The molecule has 20 heavy (non-hydrogen) atoms. The molecule has 0 aliphatic rings. The van der Waals surface area contributed by atoms with E-state index in [-0.39, 0.29) is 17.6 Å². The number of pyridine rings is 1. The Kier molecular flexibility index (Phi) is 3.90. The molecule has 0 atom stereocenters. The molecule has 0 saturated heterocycles. The van der Waals surface area contributed by atoms with E-state index in [9.17, 15) is 9.90 Å². The van der Waals surface area contributed by atoms with Gasteiger partial charge in [-0.25, -0.2) is 9.78 Å². The summed E-state index contributed by atoms with van der Waals surface area (Å²) in [7, 11) is 0. The topological polar surface area (TPSA) is 82.5 Å². The number of anilines is 1. The second-order valence-corrected chi connectivity index (χ2v) is 5.55. The van der Waals surface area contributed by atoms with Crippen LogP contribution < -0.4 is 5.32 Å². The zero-order valence-electron chi connectivity index (χ0n) is 11.6. The van der Waals surface area contributed by atoms with Crippen LogP contribution in [0.1, 0.15) is 24.2 Å². The van der Waals surface area contributed by atoms with Crippen molar-refractivity contribution in [3.8, 4) is 0 Å². The van der Waals surface area contributed by atoms with Crippen LogP contribution in [0.4, 0.5) is 5.82 Å². The normalized spacial score (nSPS) is 11.6. The van der Waals surface area contributed by atoms with Crippen LogP contribution in [0.3, 0.4) is 0 Å². The van der Waals surface area contributed by atoms with Gasteiger partial charge in [0, 0.05) is 24.0 Å². The minimum absolute atomic E-state index is 0.0801. The monoisotopic (exact) mass is 274 g/mol. The lowest BCUT2D eigenvalue weighted by molar-refractivity contribution is 0.0699. The molecule has 0 aliphatic carbocycles. The molecule has 0 bridgehead atoms. The molecule has 0 spiro atoms. The molecule has 3 N–H and O–H groups in total. The Hall–Kier alpha value is -2.14. The maximum Gasteiger partial charge on any atom is 0.336 e. The largest absolute Gasteiger partial charge is 0.478 e. The molecule has 1 aromatic heterocycles. The Morgan fingerprint density at radius 3 is 2.70 bits per heavy atom. The van der Waals surface area contributed by atoms with Crippen LogP contribution in [-0.2, 0) is 0 Å². The van der Waals surface area contributed by atoms with Crippen LogP contribution in [0.2, 0.25) is 0 Å². The molecule has 0 radical (unpaired) electrons. The molecule has 5 nitrogen and oxygen atoms in total. The van der Waals surface area contributed by atoms with Crippen LogP contribution in [0, 0.1) is 5.41 Å². The number of nitrogens with zero attached hydrogens (tertiary/aromatic N) is 1. The first-order valence-corrected chi connectivity index (χ1v) is 6.41. The van der Waals surface area contributed by atoms with Gasteiger partial charge in [0.2, 0.25) is 0 Å². The quantitative estimate of drug-likeness (QED) is 0.779. The van der Waals surface area contributed by atoms with E-state index in [1.165, 1.54) is 0 Å². The number of aromatic nitrogens is 1. The van der Waals surface area contributed by atoms with Gasteiger partial charge in [-0.1, -0.05) is 19.9 Å². The summed E-state index contributed by atoms with van der Waals surface area (Å²) in [5, 5.41) is 22.1. The van der Waals surface area contributed by atoms with Gasteiger partial charge in [-0.3, -0.25) is 0 Å². The Bertz CT molecular complexity index is 638. The number of carbonyl (C=O) groups is 1. The summed E-state index contributed by atoms with van der Waals surface area (Å²) < 4.78 is 0. The van der Waals surface area contributed by atoms with Crippen molar-refractivity contribution < 1.29 is 15.0 Å². The van der Waals surface area contributed by atoms with Crippen LogP contribution in [0.5, 0.6) is 0 Å². The van der Waals surface area contributed by atoms with Gasteiger partial charge in [-0.15, -0.1) is 0 Å². The molecule has 2 rings (SSSR count). The van der Waals surface area contributed by atoms with Crippen LogP contribution >= 0.6 is 0 Å². The summed E-state index contributed by atoms with van der Waals surface area (Å²) in [4.78, 5) is 15.5. The molecule has 1 heterocycles. The zero-order valence-corrected chi connectivity index (χ0v) is 11.6. The molecule has 0 unspecified atom stereocenters. The van der Waals surface area contributed by atoms with Crippen molar-refractivity contribution in [1.82, 2.24) is 4.98 Å². The average Bonchev–Trinajstić information content (AvgIpc) is 2.44. The first kappa shape index (κ1) is 14.3. The lowest BCUT2D eigenvalue weighted by Gasteiger charge is -2.22. The van der Waals surface area contributed by atoms with E-state index < -0.39 is 5.97 Å². The predicted octanol–water partition coefficient (Wildman–Crippen LogP) is 2.36. The highest BCUT2D eigenvalue weighted by Gasteiger charge is 2.16. The molecule has 2 aromatic rings. The number of hydrogen-bond donors (Lipinski definition) is 3. The lowest BCUT2D eigenvalue weighted by atomic mass is 9.95. The number of carboxylic acids is 1. The third-order valence-corrected chi connectivity index (χ3v) is 3.14. The number of hydrogen-bond acceptors (Lipinski definition) is 4. The SMILES string of the molecule is CC(C)(CO)CNc1ccc2c(C(=O)O)cccc2n1. The molecular weight excluding hydrogens is 256 g/mol. The van der Waals surface area contributed by atoms with Gasteiger partial charge in [0.15, 0.2) is 0 Å². The van der Waals surface area contributed by atoms with E-state index in [1.807, 2.05) is 13.8 Å². The van der Waals surface area contributed by atoms with Crippen molar-refractivity contribution in [2.45, 2.75) is 13.8 Å². The third kappa shape index (κ3) is 3.05. The van der Waals surface area contributed by atoms with Crippen molar-refractivity contribution >= 4 is 22.7 Å². The van der Waals surface area contributed by atoms with Crippen molar-refractivity contribution in [2.24, 2.45) is 5.41 Å². The Morgan fingerprint density at radius 2 is 2.05 bits per heavy atom. The number of nitrogens with one attached hydrogen (secondary N) is 1. The van der Waals surface area contributed by atoms with Gasteiger partial charge in [-0.2, -0.15) is 0 Å². The van der Waals surface area contributed by atoms with Gasteiger partial charge in [0.25, 0.3) is 0 Å². The van der Waals surface area contributed by atoms with Gasteiger partial charge < -0.3 is 15.5 Å². The number of carboxylic acid groups (broad SMARTS) is 1. The molecule has 106 valence electrons. The van der Waals surface area contributed by atoms with Gasteiger partial charge in [0.05, 0.1) is 11.1 Å². The highest BCUT2D eigenvalue weighted by atomic mass is 16.4. The lowest BCUT2D eigenvalue weighted by Crippen LogP contribution is -2.27. The Morgan fingerprint density at radius 1 is 1.30 bits per heavy atom. The second-order valence-electron chi connectivity index (χ2n) is 5.55. The van der Waals surface area contributed by atoms with Gasteiger partial charge in [-0.05, 0) is 24.3 Å². The van der Waals surface area contributed by atoms with Crippen molar-refractivity contribution in [2.75, 3.05) is 18.5 Å². The Balaban J connectivity index is 2.29. The fraction of sp³-hybridized carbons (Fsp3) is 0.333. The average molecular weight is 274 g/mol. The third-order valence-electron chi connectivity index (χ3n) is 3.14. The van der Waals surface area contributed by atoms with E-state index in [0.717, 1.165) is 0 Å². The molecule has 0 saturated carbocycles. The summed E-state index contributed by atoms with van der Waals surface area (Å²) in [6.07, 6.45) is 0. The smallest absolute Gasteiger partial charge is 0.336 e. The van der Waals surface area contributed by atoms with Crippen molar-refractivity contribution in [1.29, 1.82) is 0 Å². The summed E-state index contributed by atoms with van der Waals surface area (Å²) in [5.41, 5.74) is 0.647. The van der Waals surface area contributed by atoms with Crippen LogP contribution in [-0.4, -0.2) is 34.3 Å². The predicted molar refractivity (Wildman–Crippen MR) is 78.1 cm³/mol. The first-order valence-electron chi connectivity index (χ1n) is 6.41. The van der Waals surface area contributed by atoms with Crippen molar-refractivity contribution in [3.05, 3.63) is 35.9 Å². The second kappa shape index (κ2) is 5.46. The highest BCUT2D eigenvalue weighted by molar-refractivity contribution is 6.02. The summed E-state index contributed by atoms with van der Waals surface area (Å²) in [6, 6.07) is 8.53. The van der Waals surface area contributed by atoms with Crippen molar-refractivity contribution in [3.63, 3.8) is 0 Å². The minimum Gasteiger partial charge on any atom is -0.478 e.